The Hall–Kier alpha value is -5.08. The molecule has 7 heteroatoms. The van der Waals surface area contributed by atoms with Crippen LogP contribution in [0.2, 0.25) is 0 Å². The number of benzene rings is 4. The molecule has 0 unspecified atom stereocenters. The number of halogens is 1. The van der Waals surface area contributed by atoms with E-state index in [0.717, 1.165) is 68.0 Å². The monoisotopic (exact) mass is 1140 g/mol. The number of carbonyl (C=O) groups is 2. The van der Waals surface area contributed by atoms with E-state index in [9.17, 15) is 9.59 Å². The van der Waals surface area contributed by atoms with Gasteiger partial charge in [0.05, 0.1) is 6.61 Å². The molecule has 8 rings (SSSR count). The molecule has 4 aromatic carbocycles. The molecule has 2 saturated carbocycles. The number of ketones is 2. The number of nitrogens with zero attached hydrogens (tertiary/aromatic N) is 2. The Morgan fingerprint density at radius 1 is 0.456 bits per heavy atom. The molecule has 1 N–H and O–H groups in total. The topological polar surface area (TPSA) is 89.4 Å². The molecule has 0 bridgehead atoms. The molecule has 2 aliphatic carbocycles. The first kappa shape index (κ1) is 73.9. The van der Waals surface area contributed by atoms with Crippen molar-refractivity contribution >= 4 is 27.5 Å². The molecule has 0 amide bonds. The number of ether oxygens (including phenoxy) is 1. The zero-order valence-electron chi connectivity index (χ0n) is 51.4. The van der Waals surface area contributed by atoms with E-state index in [2.05, 4.69) is 129 Å². The van der Waals surface area contributed by atoms with Crippen molar-refractivity contribution in [1.29, 1.82) is 0 Å². The number of alkyl halides is 1. The van der Waals surface area contributed by atoms with Crippen LogP contribution in [0.25, 0.3) is 22.3 Å². The molecule has 0 saturated heterocycles. The molecular weight excluding hydrogens is 1040 g/mol. The molecule has 0 spiro atoms. The third-order valence-corrected chi connectivity index (χ3v) is 14.2. The molecule has 0 aliphatic heterocycles. The van der Waals surface area contributed by atoms with Crippen molar-refractivity contribution in [3.8, 4) is 22.3 Å². The van der Waals surface area contributed by atoms with Crippen LogP contribution in [0.1, 0.15) is 195 Å². The van der Waals surface area contributed by atoms with Crippen LogP contribution in [-0.4, -0.2) is 39.9 Å². The molecule has 6 nitrogen and oxygen atoms in total. The quantitative estimate of drug-likeness (QED) is 0.0766. The average Bonchev–Trinajstić information content (AvgIpc) is 3.55. The first-order valence-corrected chi connectivity index (χ1v) is 31.9. The van der Waals surface area contributed by atoms with Gasteiger partial charge in [-0.05, 0) is 132 Å². The predicted molar refractivity (Wildman–Crippen MR) is 346 cm³/mol. The van der Waals surface area contributed by atoms with Crippen LogP contribution in [0, 0.1) is 23.7 Å². The Morgan fingerprint density at radius 3 is 1.22 bits per heavy atom. The van der Waals surface area contributed by atoms with Crippen molar-refractivity contribution in [2.75, 3.05) is 13.2 Å². The number of aromatic nitrogens is 2. The van der Waals surface area contributed by atoms with Gasteiger partial charge in [-0.1, -0.05) is 246 Å². The number of hydrogen-bond donors (Lipinski definition) is 1. The zero-order valence-corrected chi connectivity index (χ0v) is 53.0. The highest BCUT2D eigenvalue weighted by atomic mass is 79.9. The van der Waals surface area contributed by atoms with Gasteiger partial charge in [0.2, 0.25) is 0 Å². The normalized spacial score (nSPS) is 15.6. The van der Waals surface area contributed by atoms with E-state index < -0.39 is 0 Å². The molecule has 2 fully saturated rings. The van der Waals surface area contributed by atoms with Gasteiger partial charge in [-0.3, -0.25) is 19.6 Å². The van der Waals surface area contributed by atoms with E-state index in [1.807, 2.05) is 126 Å². The lowest BCUT2D eigenvalue weighted by atomic mass is 9.80. The summed E-state index contributed by atoms with van der Waals surface area (Å²) in [6.45, 7) is 25.8. The van der Waals surface area contributed by atoms with Crippen molar-refractivity contribution in [1.82, 2.24) is 9.97 Å². The SMILES string of the molecule is BrCc1ccccc1-c1ccccc1.CC.CC.CC.CC.CC.CC.O=C(CCc1cccnc1)CCC1CCC(CO)CC1.O=C(CCc1cccnc1)CCC1CCC(COCc2ccccc2-c2ccccc2)CC1. The van der Waals surface area contributed by atoms with Crippen molar-refractivity contribution in [2.45, 2.75) is 198 Å². The summed E-state index contributed by atoms with van der Waals surface area (Å²) >= 11 is 3.51. The maximum absolute atomic E-state index is 12.3. The lowest BCUT2D eigenvalue weighted by Gasteiger charge is -2.28. The Bertz CT molecular complexity index is 2280. The standard InChI is InChI=1S/C30H35NO2.C17H25NO2.C13H11Br.6C2H6/c32-29(19-17-25-7-6-20-31-21-25)18-16-24-12-14-26(15-13-24)22-33-23-28-10-4-5-11-30(28)27-8-2-1-3-9-27;19-13-16-5-3-14(4-6-16)7-9-17(20)10-8-15-2-1-11-18-12-15;14-10-12-8-4-5-9-13(12)11-6-2-1-3-7-11;6*1-2/h1-11,20-21,24,26H,12-19,22-23H2;1-2,11-12,14,16,19H,3-10,13H2;1-9H,10H2;6*1-2H3. The molecule has 436 valence electrons. The third kappa shape index (κ3) is 32.1. The van der Waals surface area contributed by atoms with Gasteiger partial charge in [0.15, 0.2) is 0 Å². The summed E-state index contributed by atoms with van der Waals surface area (Å²) < 4.78 is 6.17. The fourth-order valence-corrected chi connectivity index (χ4v) is 9.94. The van der Waals surface area contributed by atoms with Gasteiger partial charge in [-0.25, -0.2) is 0 Å². The van der Waals surface area contributed by atoms with Crippen LogP contribution in [0.5, 0.6) is 0 Å². The molecule has 0 radical (unpaired) electrons. The first-order chi connectivity index (χ1) is 39.0. The minimum absolute atomic E-state index is 0.330. The summed E-state index contributed by atoms with van der Waals surface area (Å²) in [7, 11) is 0. The van der Waals surface area contributed by atoms with E-state index in [1.54, 1.807) is 12.4 Å². The maximum atomic E-state index is 12.3. The van der Waals surface area contributed by atoms with Crippen molar-refractivity contribution in [2.24, 2.45) is 23.7 Å². The summed E-state index contributed by atoms with van der Waals surface area (Å²) in [6, 6.07) is 45.9. The lowest BCUT2D eigenvalue weighted by Crippen LogP contribution is -2.19. The summed E-state index contributed by atoms with van der Waals surface area (Å²) in [6.07, 6.45) is 23.2. The molecule has 79 heavy (non-hydrogen) atoms. The molecule has 2 heterocycles. The van der Waals surface area contributed by atoms with E-state index in [-0.39, 0.29) is 0 Å². The van der Waals surface area contributed by atoms with Crippen LogP contribution >= 0.6 is 15.9 Å². The van der Waals surface area contributed by atoms with Crippen LogP contribution in [0.3, 0.4) is 0 Å². The molecule has 2 aromatic heterocycles. The second-order valence-corrected chi connectivity index (χ2v) is 19.1. The number of rotatable bonds is 20. The maximum Gasteiger partial charge on any atom is 0.133 e. The minimum atomic E-state index is 0.330. The first-order valence-electron chi connectivity index (χ1n) is 30.8. The van der Waals surface area contributed by atoms with Crippen LogP contribution < -0.4 is 0 Å². The van der Waals surface area contributed by atoms with Gasteiger partial charge < -0.3 is 9.84 Å². The second-order valence-electron chi connectivity index (χ2n) is 18.5. The van der Waals surface area contributed by atoms with Crippen LogP contribution in [0.4, 0.5) is 0 Å². The van der Waals surface area contributed by atoms with Crippen molar-refractivity contribution in [3.05, 3.63) is 181 Å². The van der Waals surface area contributed by atoms with Gasteiger partial charge in [-0.15, -0.1) is 0 Å². The fraction of sp³-hybridized carbons (Fsp3) is 0.500. The smallest absolute Gasteiger partial charge is 0.133 e. The highest BCUT2D eigenvalue weighted by Crippen LogP contribution is 2.34. The number of aliphatic hydroxyl groups excluding tert-OH is 1. The highest BCUT2D eigenvalue weighted by Gasteiger charge is 2.23. The number of aryl methyl sites for hydroxylation is 2. The Balaban J connectivity index is 0.00000113. The Labute approximate surface area is 491 Å². The minimum Gasteiger partial charge on any atom is -0.396 e. The van der Waals surface area contributed by atoms with Crippen LogP contribution in [0.15, 0.2) is 158 Å². The van der Waals surface area contributed by atoms with Gasteiger partial charge in [-0.2, -0.15) is 0 Å². The summed E-state index contributed by atoms with van der Waals surface area (Å²) in [5.41, 5.74) is 9.97. The average molecular weight is 1140 g/mol. The van der Waals surface area contributed by atoms with Gasteiger partial charge in [0, 0.05) is 69.0 Å². The Morgan fingerprint density at radius 2 is 0.823 bits per heavy atom. The number of hydrogen-bond acceptors (Lipinski definition) is 6. The highest BCUT2D eigenvalue weighted by molar-refractivity contribution is 9.08. The number of aliphatic hydroxyl groups is 1. The van der Waals surface area contributed by atoms with Crippen molar-refractivity contribution < 1.29 is 19.4 Å². The third-order valence-electron chi connectivity index (χ3n) is 13.6. The molecule has 2 aliphatic rings. The molecule has 6 aromatic rings. The zero-order chi connectivity index (χ0) is 58.7. The number of pyridine rings is 2. The van der Waals surface area contributed by atoms with E-state index >= 15 is 0 Å². The second kappa shape index (κ2) is 51.1. The van der Waals surface area contributed by atoms with Crippen molar-refractivity contribution in [3.63, 3.8) is 0 Å². The van der Waals surface area contributed by atoms with Gasteiger partial charge in [0.25, 0.3) is 0 Å². The van der Waals surface area contributed by atoms with Crippen LogP contribution in [-0.2, 0) is 39.1 Å². The molecular formula is C72H107BrN2O4. The van der Waals surface area contributed by atoms with E-state index in [4.69, 9.17) is 9.84 Å². The summed E-state index contributed by atoms with van der Waals surface area (Å²) in [5, 5.41) is 10.0. The predicted octanol–water partition coefficient (Wildman–Crippen LogP) is 20.6. The Kier molecular flexibility index (Phi) is 47.8. The lowest BCUT2D eigenvalue weighted by molar-refractivity contribution is -0.120. The largest absolute Gasteiger partial charge is 0.396 e. The number of Topliss-reactive ketones (excluding diaryl/α,β-unsaturated/α-hetero) is 2. The van der Waals surface area contributed by atoms with E-state index in [0.29, 0.717) is 67.7 Å². The summed E-state index contributed by atoms with van der Waals surface area (Å²) in [5.74, 6) is 3.31. The fourth-order valence-electron chi connectivity index (χ4n) is 9.45. The summed E-state index contributed by atoms with van der Waals surface area (Å²) in [4.78, 5) is 32.4. The van der Waals surface area contributed by atoms with Gasteiger partial charge in [0.1, 0.15) is 11.6 Å². The van der Waals surface area contributed by atoms with Gasteiger partial charge >= 0.3 is 0 Å². The van der Waals surface area contributed by atoms with E-state index in [1.165, 1.54) is 71.9 Å². The molecule has 0 atom stereocenters. The number of carbonyl (C=O) groups excluding carboxylic acids is 2.